The number of amides is 1. The number of nitro groups is 1. The summed E-state index contributed by atoms with van der Waals surface area (Å²) in [5.74, 6) is -0.412. The second-order valence-corrected chi connectivity index (χ2v) is 7.95. The van der Waals surface area contributed by atoms with Gasteiger partial charge in [0.05, 0.1) is 16.2 Å². The molecule has 0 bridgehead atoms. The predicted octanol–water partition coefficient (Wildman–Crippen LogP) is 4.99. The van der Waals surface area contributed by atoms with Crippen molar-refractivity contribution in [2.45, 2.75) is 20.8 Å². The first-order chi connectivity index (χ1) is 16.3. The molecule has 1 amide bonds. The van der Waals surface area contributed by atoms with Gasteiger partial charge in [-0.25, -0.2) is 4.68 Å². The third-order valence-corrected chi connectivity index (χ3v) is 5.60. The number of aromatic nitrogens is 2. The Labute approximate surface area is 195 Å². The number of aryl methyl sites for hydroxylation is 3. The van der Waals surface area contributed by atoms with Crippen LogP contribution in [0.25, 0.3) is 16.8 Å². The third kappa shape index (κ3) is 4.33. The topological polar surface area (TPSA) is 107 Å². The Morgan fingerprint density at radius 3 is 2.35 bits per heavy atom. The summed E-state index contributed by atoms with van der Waals surface area (Å²) in [7, 11) is 0. The molecule has 0 atom stereocenters. The maximum Gasteiger partial charge on any atom is 0.270 e. The van der Waals surface area contributed by atoms with Crippen molar-refractivity contribution in [1.82, 2.24) is 9.78 Å². The number of nitro benzene ring substituents is 1. The number of carbonyl (C=O) groups is 1. The van der Waals surface area contributed by atoms with Gasteiger partial charge >= 0.3 is 0 Å². The van der Waals surface area contributed by atoms with Crippen LogP contribution in [0.2, 0.25) is 0 Å². The lowest BCUT2D eigenvalue weighted by Crippen LogP contribution is -2.25. The molecule has 1 heterocycles. The zero-order chi connectivity index (χ0) is 24.4. The highest BCUT2D eigenvalue weighted by Gasteiger charge is 2.21. The van der Waals surface area contributed by atoms with Gasteiger partial charge in [-0.2, -0.15) is 5.10 Å². The monoisotopic (exact) mass is 454 g/mol. The Morgan fingerprint density at radius 2 is 1.68 bits per heavy atom. The molecule has 170 valence electrons. The van der Waals surface area contributed by atoms with E-state index in [1.54, 1.807) is 31.2 Å². The smallest absolute Gasteiger partial charge is 0.270 e. The molecule has 3 aromatic carbocycles. The number of non-ortho nitro benzene ring substituents is 1. The van der Waals surface area contributed by atoms with Gasteiger partial charge < -0.3 is 5.32 Å². The minimum Gasteiger partial charge on any atom is -0.306 e. The van der Waals surface area contributed by atoms with Crippen LogP contribution in [-0.4, -0.2) is 20.6 Å². The first kappa shape index (κ1) is 22.6. The zero-order valence-electron chi connectivity index (χ0n) is 18.9. The van der Waals surface area contributed by atoms with E-state index in [1.807, 2.05) is 38.1 Å². The van der Waals surface area contributed by atoms with Crippen molar-refractivity contribution in [3.05, 3.63) is 116 Å². The molecule has 0 spiro atoms. The van der Waals surface area contributed by atoms with Crippen LogP contribution < -0.4 is 10.7 Å². The van der Waals surface area contributed by atoms with Gasteiger partial charge in [0.15, 0.2) is 0 Å². The van der Waals surface area contributed by atoms with Crippen molar-refractivity contribution >= 4 is 17.4 Å². The molecule has 8 nitrogen and oxygen atoms in total. The highest BCUT2D eigenvalue weighted by atomic mass is 16.6. The number of hydrogen-bond acceptors (Lipinski definition) is 5. The Bertz CT molecular complexity index is 1480. The molecule has 0 radical (unpaired) electrons. The fourth-order valence-corrected chi connectivity index (χ4v) is 3.61. The maximum atomic E-state index is 13.2. The lowest BCUT2D eigenvalue weighted by atomic mass is 10.0. The van der Waals surface area contributed by atoms with Crippen molar-refractivity contribution in [3.63, 3.8) is 0 Å². The van der Waals surface area contributed by atoms with Gasteiger partial charge in [-0.05, 0) is 55.7 Å². The molecule has 4 aromatic rings. The van der Waals surface area contributed by atoms with Crippen LogP contribution in [0.3, 0.4) is 0 Å². The standard InChI is InChI=1S/C26H22N4O4/c1-16-12-13-21(14-17(16)2)29-25(27-26(32)20-10-7-11-22(15-20)30(33)34)23(24(31)18(3)28-29)19-8-5-4-6-9-19/h4-15H,1-3H3,(H,27,32). The number of anilines is 1. The number of hydrogen-bond donors (Lipinski definition) is 1. The van der Waals surface area contributed by atoms with Crippen molar-refractivity contribution in [1.29, 1.82) is 0 Å². The number of rotatable bonds is 5. The van der Waals surface area contributed by atoms with Crippen LogP contribution in [-0.2, 0) is 0 Å². The fourth-order valence-electron chi connectivity index (χ4n) is 3.61. The lowest BCUT2D eigenvalue weighted by molar-refractivity contribution is -0.384. The summed E-state index contributed by atoms with van der Waals surface area (Å²) in [6.07, 6.45) is 0. The number of carbonyl (C=O) groups excluding carboxylic acids is 1. The van der Waals surface area contributed by atoms with E-state index in [9.17, 15) is 19.7 Å². The van der Waals surface area contributed by atoms with Crippen molar-refractivity contribution in [2.75, 3.05) is 5.32 Å². The quantitative estimate of drug-likeness (QED) is 0.338. The predicted molar refractivity (Wildman–Crippen MR) is 131 cm³/mol. The molecule has 0 aliphatic heterocycles. The van der Waals surface area contributed by atoms with E-state index in [4.69, 9.17) is 0 Å². The van der Waals surface area contributed by atoms with Crippen LogP contribution in [0.4, 0.5) is 11.5 Å². The Hall–Kier alpha value is -4.59. The number of nitrogens with zero attached hydrogens (tertiary/aromatic N) is 3. The largest absolute Gasteiger partial charge is 0.306 e. The molecule has 1 aromatic heterocycles. The molecule has 0 aliphatic rings. The van der Waals surface area contributed by atoms with Gasteiger partial charge in [0.1, 0.15) is 11.5 Å². The third-order valence-electron chi connectivity index (χ3n) is 5.60. The average molecular weight is 454 g/mol. The molecule has 8 heteroatoms. The van der Waals surface area contributed by atoms with E-state index in [0.29, 0.717) is 11.3 Å². The molecule has 0 fully saturated rings. The molecule has 0 aliphatic carbocycles. The lowest BCUT2D eigenvalue weighted by Gasteiger charge is -2.19. The number of nitrogens with one attached hydrogen (secondary N) is 1. The van der Waals surface area contributed by atoms with E-state index in [2.05, 4.69) is 10.4 Å². The molecule has 0 saturated heterocycles. The summed E-state index contributed by atoms with van der Waals surface area (Å²) >= 11 is 0. The minimum atomic E-state index is -0.594. The zero-order valence-corrected chi connectivity index (χ0v) is 18.9. The van der Waals surface area contributed by atoms with Gasteiger partial charge in [-0.1, -0.05) is 42.5 Å². The Morgan fingerprint density at radius 1 is 0.941 bits per heavy atom. The van der Waals surface area contributed by atoms with Crippen LogP contribution in [0.1, 0.15) is 27.2 Å². The molecule has 34 heavy (non-hydrogen) atoms. The number of benzene rings is 3. The second-order valence-electron chi connectivity index (χ2n) is 7.95. The van der Waals surface area contributed by atoms with E-state index < -0.39 is 10.8 Å². The van der Waals surface area contributed by atoms with Crippen LogP contribution >= 0.6 is 0 Å². The van der Waals surface area contributed by atoms with E-state index in [1.165, 1.54) is 28.9 Å². The summed E-state index contributed by atoms with van der Waals surface area (Å²) in [6.45, 7) is 5.58. The van der Waals surface area contributed by atoms with E-state index in [0.717, 1.165) is 11.1 Å². The van der Waals surface area contributed by atoms with Crippen molar-refractivity contribution in [2.24, 2.45) is 0 Å². The van der Waals surface area contributed by atoms with Gasteiger partial charge in [-0.3, -0.25) is 19.7 Å². The summed E-state index contributed by atoms with van der Waals surface area (Å²) in [4.78, 5) is 37.0. The maximum absolute atomic E-state index is 13.2. The normalized spacial score (nSPS) is 10.7. The highest BCUT2D eigenvalue weighted by Crippen LogP contribution is 2.28. The first-order valence-electron chi connectivity index (χ1n) is 10.6. The molecule has 4 rings (SSSR count). The SMILES string of the molecule is Cc1ccc(-n2nc(C)c(=O)c(-c3ccccc3)c2NC(=O)c2cccc([N+](=O)[O-])c2)cc1C. The van der Waals surface area contributed by atoms with Crippen molar-refractivity contribution < 1.29 is 9.72 Å². The van der Waals surface area contributed by atoms with E-state index >= 15 is 0 Å². The summed E-state index contributed by atoms with van der Waals surface area (Å²) in [5, 5.41) is 18.4. The molecular formula is C26H22N4O4. The summed E-state index contributed by atoms with van der Waals surface area (Å²) in [5.41, 5.74) is 3.51. The van der Waals surface area contributed by atoms with Gasteiger partial charge in [0.25, 0.3) is 11.6 Å². The first-order valence-corrected chi connectivity index (χ1v) is 10.6. The van der Waals surface area contributed by atoms with Gasteiger partial charge in [0.2, 0.25) is 5.43 Å². The second kappa shape index (κ2) is 9.11. The highest BCUT2D eigenvalue weighted by molar-refractivity contribution is 6.06. The summed E-state index contributed by atoms with van der Waals surface area (Å²) in [6, 6.07) is 20.1. The van der Waals surface area contributed by atoms with Crippen LogP contribution in [0, 0.1) is 30.9 Å². The Balaban J connectivity index is 1.95. The molecular weight excluding hydrogens is 432 g/mol. The average Bonchev–Trinajstić information content (AvgIpc) is 2.83. The summed E-state index contributed by atoms with van der Waals surface area (Å²) < 4.78 is 1.53. The van der Waals surface area contributed by atoms with Gasteiger partial charge in [0, 0.05) is 17.7 Å². The van der Waals surface area contributed by atoms with Gasteiger partial charge in [-0.15, -0.1) is 0 Å². The molecule has 1 N–H and O–H groups in total. The van der Waals surface area contributed by atoms with Crippen LogP contribution in [0.15, 0.2) is 77.6 Å². The molecule has 0 saturated carbocycles. The Kier molecular flexibility index (Phi) is 6.05. The van der Waals surface area contributed by atoms with Crippen LogP contribution in [0.5, 0.6) is 0 Å². The minimum absolute atomic E-state index is 0.0906. The van der Waals surface area contributed by atoms with Crippen molar-refractivity contribution in [3.8, 4) is 16.8 Å². The fraction of sp³-hybridized carbons (Fsp3) is 0.115. The molecule has 0 unspecified atom stereocenters. The van der Waals surface area contributed by atoms with E-state index in [-0.39, 0.29) is 33.8 Å².